The van der Waals surface area contributed by atoms with Crippen LogP contribution < -0.4 is 10.1 Å². The van der Waals surface area contributed by atoms with Gasteiger partial charge in [-0.25, -0.2) is 0 Å². The van der Waals surface area contributed by atoms with Crippen molar-refractivity contribution in [3.8, 4) is 5.75 Å². The Balaban J connectivity index is 1.66. The summed E-state index contributed by atoms with van der Waals surface area (Å²) in [7, 11) is 2.18. The molecule has 3 heteroatoms. The maximum absolute atomic E-state index is 6.12. The third-order valence-corrected chi connectivity index (χ3v) is 4.03. The van der Waals surface area contributed by atoms with Gasteiger partial charge in [-0.1, -0.05) is 6.07 Å². The van der Waals surface area contributed by atoms with Crippen LogP contribution in [-0.2, 0) is 13.0 Å². The van der Waals surface area contributed by atoms with E-state index in [1.165, 1.54) is 11.1 Å². The molecule has 0 spiro atoms. The van der Waals surface area contributed by atoms with Gasteiger partial charge in [0.05, 0.1) is 0 Å². The first-order valence-corrected chi connectivity index (χ1v) is 6.99. The summed E-state index contributed by atoms with van der Waals surface area (Å²) in [6.07, 6.45) is 3.82. The number of ether oxygens (including phenoxy) is 1. The highest BCUT2D eigenvalue weighted by Crippen LogP contribution is 2.23. The number of rotatable bonds is 2. The molecule has 0 unspecified atom stereocenters. The van der Waals surface area contributed by atoms with Gasteiger partial charge in [0.1, 0.15) is 11.9 Å². The Morgan fingerprint density at radius 3 is 2.89 bits per heavy atom. The van der Waals surface area contributed by atoms with Crippen molar-refractivity contribution in [2.75, 3.05) is 26.7 Å². The van der Waals surface area contributed by atoms with Gasteiger partial charge in [-0.2, -0.15) is 0 Å². The summed E-state index contributed by atoms with van der Waals surface area (Å²) in [6, 6.07) is 6.59. The minimum atomic E-state index is 0.404. The van der Waals surface area contributed by atoms with Crippen LogP contribution in [0, 0.1) is 0 Å². The molecule has 0 bridgehead atoms. The lowest BCUT2D eigenvalue weighted by Gasteiger charge is -2.29. The Kier molecular flexibility index (Phi) is 3.52. The molecule has 0 aliphatic carbocycles. The molecule has 1 N–H and O–H groups in total. The number of nitrogens with zero attached hydrogens (tertiary/aromatic N) is 1. The maximum atomic E-state index is 6.12. The second-order valence-corrected chi connectivity index (χ2v) is 5.48. The van der Waals surface area contributed by atoms with E-state index in [9.17, 15) is 0 Å². The number of nitrogens with one attached hydrogen (secondary N) is 1. The van der Waals surface area contributed by atoms with Crippen molar-refractivity contribution >= 4 is 0 Å². The van der Waals surface area contributed by atoms with Crippen LogP contribution in [0.3, 0.4) is 0 Å². The Labute approximate surface area is 109 Å². The SMILES string of the molecule is CN1CCC(Oc2ccc3c(c2)CCNC3)CC1. The average molecular weight is 246 g/mol. The van der Waals surface area contributed by atoms with E-state index in [0.29, 0.717) is 6.10 Å². The van der Waals surface area contributed by atoms with Crippen molar-refractivity contribution in [2.24, 2.45) is 0 Å². The summed E-state index contributed by atoms with van der Waals surface area (Å²) in [5.74, 6) is 1.06. The van der Waals surface area contributed by atoms with Crippen LogP contribution in [0.4, 0.5) is 0 Å². The molecule has 1 aromatic carbocycles. The molecular weight excluding hydrogens is 224 g/mol. The van der Waals surface area contributed by atoms with Gasteiger partial charge in [0.2, 0.25) is 0 Å². The molecule has 0 aromatic heterocycles. The fourth-order valence-electron chi connectivity index (χ4n) is 2.82. The quantitative estimate of drug-likeness (QED) is 0.861. The highest BCUT2D eigenvalue weighted by Gasteiger charge is 2.18. The third kappa shape index (κ3) is 2.68. The fourth-order valence-corrected chi connectivity index (χ4v) is 2.82. The molecule has 1 aromatic rings. The van der Waals surface area contributed by atoms with Crippen LogP contribution in [-0.4, -0.2) is 37.7 Å². The van der Waals surface area contributed by atoms with Crippen LogP contribution in [0.25, 0.3) is 0 Å². The highest BCUT2D eigenvalue weighted by molar-refractivity contribution is 5.37. The number of piperidine rings is 1. The summed E-state index contributed by atoms with van der Waals surface area (Å²) in [4.78, 5) is 2.37. The molecule has 2 aliphatic heterocycles. The molecule has 0 amide bonds. The van der Waals surface area contributed by atoms with Gasteiger partial charge >= 0.3 is 0 Å². The van der Waals surface area contributed by atoms with E-state index >= 15 is 0 Å². The summed E-state index contributed by atoms with van der Waals surface area (Å²) < 4.78 is 6.12. The predicted octanol–water partition coefficient (Wildman–Crippen LogP) is 1.81. The maximum Gasteiger partial charge on any atom is 0.120 e. The van der Waals surface area contributed by atoms with E-state index in [1.807, 2.05) is 0 Å². The first kappa shape index (κ1) is 12.0. The molecule has 2 aliphatic rings. The molecule has 2 heterocycles. The van der Waals surface area contributed by atoms with E-state index in [0.717, 1.165) is 51.2 Å². The van der Waals surface area contributed by atoms with Crippen LogP contribution in [0.2, 0.25) is 0 Å². The summed E-state index contributed by atoms with van der Waals surface area (Å²) in [6.45, 7) is 4.40. The molecule has 1 saturated heterocycles. The minimum Gasteiger partial charge on any atom is -0.490 e. The molecular formula is C15H22N2O. The van der Waals surface area contributed by atoms with Crippen molar-refractivity contribution in [1.29, 1.82) is 0 Å². The molecule has 3 nitrogen and oxygen atoms in total. The van der Waals surface area contributed by atoms with E-state index < -0.39 is 0 Å². The Hall–Kier alpha value is -1.06. The molecule has 98 valence electrons. The van der Waals surface area contributed by atoms with Crippen molar-refractivity contribution in [3.05, 3.63) is 29.3 Å². The second kappa shape index (κ2) is 5.29. The summed E-state index contributed by atoms with van der Waals surface area (Å²) >= 11 is 0. The van der Waals surface area contributed by atoms with Gasteiger partial charge in [0.25, 0.3) is 0 Å². The molecule has 18 heavy (non-hydrogen) atoms. The number of hydrogen-bond acceptors (Lipinski definition) is 3. The van der Waals surface area contributed by atoms with Gasteiger partial charge < -0.3 is 15.0 Å². The normalized spacial score (nSPS) is 21.6. The number of benzene rings is 1. The van der Waals surface area contributed by atoms with Crippen LogP contribution in [0.5, 0.6) is 5.75 Å². The van der Waals surface area contributed by atoms with Crippen LogP contribution in [0.15, 0.2) is 18.2 Å². The lowest BCUT2D eigenvalue weighted by atomic mass is 10.0. The third-order valence-electron chi connectivity index (χ3n) is 4.03. The predicted molar refractivity (Wildman–Crippen MR) is 73.0 cm³/mol. The average Bonchev–Trinajstić information content (AvgIpc) is 2.41. The zero-order valence-electron chi connectivity index (χ0n) is 11.1. The van der Waals surface area contributed by atoms with E-state index in [-0.39, 0.29) is 0 Å². The van der Waals surface area contributed by atoms with Crippen LogP contribution >= 0.6 is 0 Å². The standard InChI is InChI=1S/C15H22N2O/c1-17-8-5-14(6-9-17)18-15-3-2-13-11-16-7-4-12(13)10-15/h2-3,10,14,16H,4-9,11H2,1H3. The topological polar surface area (TPSA) is 24.5 Å². The lowest BCUT2D eigenvalue weighted by Crippen LogP contribution is -2.35. The van der Waals surface area contributed by atoms with E-state index in [4.69, 9.17) is 4.74 Å². The molecule has 0 radical (unpaired) electrons. The smallest absolute Gasteiger partial charge is 0.120 e. The number of fused-ring (bicyclic) bond motifs is 1. The molecule has 0 saturated carbocycles. The van der Waals surface area contributed by atoms with Gasteiger partial charge in [0.15, 0.2) is 0 Å². The van der Waals surface area contributed by atoms with Gasteiger partial charge in [-0.15, -0.1) is 0 Å². The molecule has 0 atom stereocenters. The molecule has 1 fully saturated rings. The number of hydrogen-bond donors (Lipinski definition) is 1. The highest BCUT2D eigenvalue weighted by atomic mass is 16.5. The van der Waals surface area contributed by atoms with Gasteiger partial charge in [-0.05, 0) is 56.1 Å². The Bertz CT molecular complexity index is 411. The summed E-state index contributed by atoms with van der Waals surface area (Å²) in [5.41, 5.74) is 2.89. The van der Waals surface area contributed by atoms with E-state index in [2.05, 4.69) is 35.5 Å². The van der Waals surface area contributed by atoms with Crippen molar-refractivity contribution in [1.82, 2.24) is 10.2 Å². The van der Waals surface area contributed by atoms with Crippen LogP contribution in [0.1, 0.15) is 24.0 Å². The van der Waals surface area contributed by atoms with Gasteiger partial charge in [0, 0.05) is 19.6 Å². The minimum absolute atomic E-state index is 0.404. The second-order valence-electron chi connectivity index (χ2n) is 5.48. The largest absolute Gasteiger partial charge is 0.490 e. The fraction of sp³-hybridized carbons (Fsp3) is 0.600. The first-order valence-electron chi connectivity index (χ1n) is 6.99. The summed E-state index contributed by atoms with van der Waals surface area (Å²) in [5, 5.41) is 3.40. The first-order chi connectivity index (χ1) is 8.81. The van der Waals surface area contributed by atoms with Crippen molar-refractivity contribution < 1.29 is 4.74 Å². The monoisotopic (exact) mass is 246 g/mol. The Morgan fingerprint density at radius 1 is 1.22 bits per heavy atom. The van der Waals surface area contributed by atoms with Crippen molar-refractivity contribution in [3.63, 3.8) is 0 Å². The Morgan fingerprint density at radius 2 is 2.06 bits per heavy atom. The van der Waals surface area contributed by atoms with Gasteiger partial charge in [-0.3, -0.25) is 0 Å². The zero-order chi connectivity index (χ0) is 12.4. The number of likely N-dealkylation sites (tertiary alicyclic amines) is 1. The lowest BCUT2D eigenvalue weighted by molar-refractivity contribution is 0.114. The van der Waals surface area contributed by atoms with E-state index in [1.54, 1.807) is 0 Å². The van der Waals surface area contributed by atoms with Crippen molar-refractivity contribution in [2.45, 2.75) is 31.9 Å². The molecule has 3 rings (SSSR count). The zero-order valence-corrected chi connectivity index (χ0v) is 11.1.